The number of halogens is 3. The highest BCUT2D eigenvalue weighted by molar-refractivity contribution is 6.32. The summed E-state index contributed by atoms with van der Waals surface area (Å²) in [5.74, 6) is -2.26. The van der Waals surface area contributed by atoms with Crippen LogP contribution in [0.3, 0.4) is 0 Å². The molecule has 0 bridgehead atoms. The Labute approximate surface area is 136 Å². The van der Waals surface area contributed by atoms with Crippen molar-refractivity contribution in [2.24, 2.45) is 11.8 Å². The molecule has 2 atom stereocenters. The third-order valence-corrected chi connectivity index (χ3v) is 4.11. The monoisotopic (exact) mass is 347 g/mol. The number of nitrogens with one attached hydrogen (secondary N) is 1. The summed E-state index contributed by atoms with van der Waals surface area (Å²) in [5.41, 5.74) is 0.346. The second-order valence-electron chi connectivity index (χ2n) is 5.41. The molecule has 0 heterocycles. The minimum absolute atomic E-state index is 0.0462. The van der Waals surface area contributed by atoms with Crippen LogP contribution < -0.4 is 10.1 Å². The average molecular weight is 348 g/mol. The molecular weight excluding hydrogens is 332 g/mol. The number of hydrogen-bond donors (Lipinski definition) is 2. The molecule has 0 aliphatic heterocycles. The van der Waals surface area contributed by atoms with Crippen molar-refractivity contribution in [1.29, 1.82) is 0 Å². The van der Waals surface area contributed by atoms with Crippen molar-refractivity contribution in [1.82, 2.24) is 0 Å². The minimum Gasteiger partial charge on any atom is -0.481 e. The molecule has 1 saturated carbocycles. The second kappa shape index (κ2) is 7.59. The number of amides is 1. The lowest BCUT2D eigenvalue weighted by Crippen LogP contribution is -2.30. The van der Waals surface area contributed by atoms with Crippen molar-refractivity contribution in [2.75, 3.05) is 5.32 Å². The summed E-state index contributed by atoms with van der Waals surface area (Å²) in [6.45, 7) is -2.98. The predicted molar refractivity (Wildman–Crippen MR) is 79.8 cm³/mol. The average Bonchev–Trinajstić information content (AvgIpc) is 2.49. The summed E-state index contributed by atoms with van der Waals surface area (Å²) < 4.78 is 28.5. The molecule has 126 valence electrons. The number of aliphatic carboxylic acids is 1. The number of carboxylic acids is 1. The fraction of sp³-hybridized carbons (Fsp3) is 0.467. The number of rotatable bonds is 5. The molecule has 1 aromatic rings. The topological polar surface area (TPSA) is 75.6 Å². The van der Waals surface area contributed by atoms with Crippen LogP contribution in [0.15, 0.2) is 18.2 Å². The summed E-state index contributed by atoms with van der Waals surface area (Å²) in [7, 11) is 0. The molecular formula is C15H16ClF2NO4. The fourth-order valence-corrected chi connectivity index (χ4v) is 2.89. The van der Waals surface area contributed by atoms with E-state index in [4.69, 9.17) is 16.7 Å². The van der Waals surface area contributed by atoms with Crippen LogP contribution in [-0.4, -0.2) is 23.6 Å². The molecule has 1 amide bonds. The Bertz CT molecular complexity index is 597. The van der Waals surface area contributed by atoms with Crippen LogP contribution in [0.1, 0.15) is 25.7 Å². The van der Waals surface area contributed by atoms with E-state index in [9.17, 15) is 18.4 Å². The van der Waals surface area contributed by atoms with Gasteiger partial charge in [0, 0.05) is 11.6 Å². The molecule has 5 nitrogen and oxygen atoms in total. The zero-order chi connectivity index (χ0) is 17.0. The van der Waals surface area contributed by atoms with E-state index in [-0.39, 0.29) is 22.6 Å². The number of carbonyl (C=O) groups is 2. The van der Waals surface area contributed by atoms with Crippen LogP contribution in [0.5, 0.6) is 5.75 Å². The number of alkyl halides is 2. The number of hydrogen-bond acceptors (Lipinski definition) is 3. The lowest BCUT2D eigenvalue weighted by atomic mass is 9.81. The second-order valence-corrected chi connectivity index (χ2v) is 5.82. The third kappa shape index (κ3) is 4.79. The van der Waals surface area contributed by atoms with Crippen molar-refractivity contribution >= 4 is 29.2 Å². The first kappa shape index (κ1) is 17.5. The van der Waals surface area contributed by atoms with E-state index in [1.165, 1.54) is 18.2 Å². The van der Waals surface area contributed by atoms with Crippen LogP contribution in [0, 0.1) is 11.8 Å². The first-order valence-corrected chi connectivity index (χ1v) is 7.52. The van der Waals surface area contributed by atoms with Crippen molar-refractivity contribution in [3.05, 3.63) is 23.2 Å². The maximum absolute atomic E-state index is 12.2. The number of ether oxygens (including phenoxy) is 1. The lowest BCUT2D eigenvalue weighted by Gasteiger charge is -2.25. The molecule has 23 heavy (non-hydrogen) atoms. The Hall–Kier alpha value is -1.89. The van der Waals surface area contributed by atoms with E-state index in [1.54, 1.807) is 0 Å². The van der Waals surface area contributed by atoms with E-state index < -0.39 is 18.5 Å². The van der Waals surface area contributed by atoms with Gasteiger partial charge >= 0.3 is 12.6 Å². The fourth-order valence-electron chi connectivity index (χ4n) is 2.67. The van der Waals surface area contributed by atoms with Gasteiger partial charge in [0.2, 0.25) is 5.91 Å². The first-order valence-electron chi connectivity index (χ1n) is 7.15. The van der Waals surface area contributed by atoms with Crippen LogP contribution in [0.2, 0.25) is 5.02 Å². The van der Waals surface area contributed by atoms with Crippen molar-refractivity contribution < 1.29 is 28.2 Å². The molecule has 2 N–H and O–H groups in total. The van der Waals surface area contributed by atoms with Gasteiger partial charge in [-0.2, -0.15) is 8.78 Å². The molecule has 2 rings (SSSR count). The summed E-state index contributed by atoms with van der Waals surface area (Å²) in [5, 5.41) is 11.6. The molecule has 1 aromatic carbocycles. The molecule has 0 spiro atoms. The third-order valence-electron chi connectivity index (χ3n) is 3.81. The van der Waals surface area contributed by atoms with Gasteiger partial charge in [-0.1, -0.05) is 18.0 Å². The van der Waals surface area contributed by atoms with Crippen LogP contribution in [0.25, 0.3) is 0 Å². The predicted octanol–water partition coefficient (Wildman–Crippen LogP) is 3.77. The van der Waals surface area contributed by atoms with Gasteiger partial charge in [0.05, 0.1) is 10.9 Å². The number of carbonyl (C=O) groups excluding carboxylic acids is 1. The molecule has 1 aliphatic carbocycles. The molecule has 2 unspecified atom stereocenters. The number of carboxylic acid groups (broad SMARTS) is 1. The summed E-state index contributed by atoms with van der Waals surface area (Å²) in [4.78, 5) is 23.2. The Morgan fingerprint density at radius 1 is 1.30 bits per heavy atom. The highest BCUT2D eigenvalue weighted by Crippen LogP contribution is 2.32. The van der Waals surface area contributed by atoms with E-state index in [0.717, 1.165) is 0 Å². The van der Waals surface area contributed by atoms with Gasteiger partial charge in [0.15, 0.2) is 0 Å². The number of anilines is 1. The van der Waals surface area contributed by atoms with Gasteiger partial charge in [-0.05, 0) is 37.5 Å². The molecule has 1 aliphatic rings. The first-order chi connectivity index (χ1) is 10.9. The molecule has 0 aromatic heterocycles. The lowest BCUT2D eigenvalue weighted by molar-refractivity contribution is -0.143. The standard InChI is InChI=1S/C15H16ClF2NO4/c16-11-7-10(4-5-12(11)23-15(17)18)19-13(20)8-2-1-3-9(6-8)14(21)22/h4-5,7-9,15H,1-3,6H2,(H,19,20)(H,21,22). The summed E-state index contributed by atoms with van der Waals surface area (Å²) in [6.07, 6.45) is 2.17. The smallest absolute Gasteiger partial charge is 0.387 e. The largest absolute Gasteiger partial charge is 0.481 e. The Kier molecular flexibility index (Phi) is 5.76. The SMILES string of the molecule is O=C(O)C1CCCC(C(=O)Nc2ccc(OC(F)F)c(Cl)c2)C1. The number of benzene rings is 1. The van der Waals surface area contributed by atoms with Gasteiger partial charge in [-0.3, -0.25) is 9.59 Å². The van der Waals surface area contributed by atoms with Gasteiger partial charge < -0.3 is 15.2 Å². The zero-order valence-corrected chi connectivity index (χ0v) is 12.9. The van der Waals surface area contributed by atoms with Crippen molar-refractivity contribution in [3.8, 4) is 5.75 Å². The minimum atomic E-state index is -2.98. The summed E-state index contributed by atoms with van der Waals surface area (Å²) in [6, 6.07) is 3.96. The van der Waals surface area contributed by atoms with E-state index in [1.807, 2.05) is 0 Å². The van der Waals surface area contributed by atoms with E-state index >= 15 is 0 Å². The van der Waals surface area contributed by atoms with Gasteiger partial charge in [0.25, 0.3) is 0 Å². The van der Waals surface area contributed by atoms with Gasteiger partial charge in [0.1, 0.15) is 5.75 Å². The normalized spacial score (nSPS) is 21.0. The Morgan fingerprint density at radius 3 is 2.61 bits per heavy atom. The van der Waals surface area contributed by atoms with Crippen molar-refractivity contribution in [2.45, 2.75) is 32.3 Å². The Morgan fingerprint density at radius 2 is 2.00 bits per heavy atom. The molecule has 8 heteroatoms. The van der Waals surface area contributed by atoms with Crippen LogP contribution in [0.4, 0.5) is 14.5 Å². The maximum Gasteiger partial charge on any atom is 0.387 e. The molecule has 1 fully saturated rings. The highest BCUT2D eigenvalue weighted by atomic mass is 35.5. The van der Waals surface area contributed by atoms with Crippen LogP contribution in [-0.2, 0) is 9.59 Å². The molecule has 0 radical (unpaired) electrons. The van der Waals surface area contributed by atoms with Gasteiger partial charge in [-0.25, -0.2) is 0 Å². The Balaban J connectivity index is 2.00. The highest BCUT2D eigenvalue weighted by Gasteiger charge is 2.31. The quantitative estimate of drug-likeness (QED) is 0.850. The maximum atomic E-state index is 12.2. The van der Waals surface area contributed by atoms with Crippen molar-refractivity contribution in [3.63, 3.8) is 0 Å². The van der Waals surface area contributed by atoms with Crippen LogP contribution >= 0.6 is 11.6 Å². The summed E-state index contributed by atoms with van der Waals surface area (Å²) >= 11 is 5.82. The van der Waals surface area contributed by atoms with Gasteiger partial charge in [-0.15, -0.1) is 0 Å². The zero-order valence-electron chi connectivity index (χ0n) is 12.1. The van der Waals surface area contributed by atoms with E-state index in [0.29, 0.717) is 31.4 Å². The molecule has 0 saturated heterocycles. The van der Waals surface area contributed by atoms with E-state index in [2.05, 4.69) is 10.1 Å².